The minimum absolute atomic E-state index is 0. The number of hydrogen-bond donors (Lipinski definition) is 1. The predicted molar refractivity (Wildman–Crippen MR) is 32.3 cm³/mol. The summed E-state index contributed by atoms with van der Waals surface area (Å²) in [6.07, 6.45) is 2.93. The van der Waals surface area contributed by atoms with Gasteiger partial charge in [0.05, 0.1) is 5.75 Å². The summed E-state index contributed by atoms with van der Waals surface area (Å²) in [7, 11) is -3.77. The summed E-state index contributed by atoms with van der Waals surface area (Å²) in [4.78, 5) is 0. The van der Waals surface area contributed by atoms with Crippen LogP contribution in [0.5, 0.6) is 0 Å². The fourth-order valence-electron chi connectivity index (χ4n) is 0.218. The molecule has 0 saturated carbocycles. The molecule has 50 valence electrons. The molecular weight excluding hydrogens is 135 g/mol. The van der Waals surface area contributed by atoms with Crippen LogP contribution in [0.25, 0.3) is 0 Å². The maximum atomic E-state index is 9.89. The van der Waals surface area contributed by atoms with Crippen molar-refractivity contribution < 1.29 is 33.3 Å². The monoisotopic (exact) mass is 144 g/mol. The molecule has 0 rings (SSSR count). The van der Waals surface area contributed by atoms with Crippen LogP contribution in [0.1, 0.15) is 8.35 Å². The van der Waals surface area contributed by atoms with Gasteiger partial charge in [-0.3, -0.25) is 4.55 Å². The van der Waals surface area contributed by atoms with E-state index in [9.17, 15) is 8.42 Å². The van der Waals surface area contributed by atoms with Crippen molar-refractivity contribution in [2.45, 2.75) is 6.92 Å². The van der Waals surface area contributed by atoms with Crippen LogP contribution in [0.2, 0.25) is 0 Å². The van der Waals surface area contributed by atoms with E-state index in [1.54, 1.807) is 13.0 Å². The van der Waals surface area contributed by atoms with Crippen molar-refractivity contribution in [2.24, 2.45) is 0 Å². The molecule has 0 aromatic heterocycles. The van der Waals surface area contributed by atoms with E-state index < -0.39 is 10.1 Å². The smallest absolute Gasteiger partial charge is 1.00 e. The molecule has 0 unspecified atom stereocenters. The van der Waals surface area contributed by atoms with Crippen LogP contribution in [0.3, 0.4) is 0 Å². The molecule has 9 heavy (non-hydrogen) atoms. The van der Waals surface area contributed by atoms with Crippen LogP contribution in [-0.2, 0) is 10.1 Å². The Bertz CT molecular complexity index is 175. The number of rotatable bonds is 2. The molecule has 3 nitrogen and oxygen atoms in total. The van der Waals surface area contributed by atoms with Gasteiger partial charge in [0.2, 0.25) is 0 Å². The van der Waals surface area contributed by atoms with E-state index in [-0.39, 0.29) is 26.0 Å². The van der Waals surface area contributed by atoms with Crippen molar-refractivity contribution in [3.05, 3.63) is 12.2 Å². The quantitative estimate of drug-likeness (QED) is 0.266. The van der Waals surface area contributed by atoms with Gasteiger partial charge in [0.15, 0.2) is 0 Å². The first-order valence-corrected chi connectivity index (χ1v) is 3.73. The maximum absolute atomic E-state index is 9.89. The molecule has 0 fully saturated rings. The second kappa shape index (κ2) is 5.07. The van der Waals surface area contributed by atoms with Crippen molar-refractivity contribution in [3.8, 4) is 0 Å². The molecule has 0 aromatic carbocycles. The average molecular weight is 144 g/mol. The number of hydrogen-bond acceptors (Lipinski definition) is 2. The van der Waals surface area contributed by atoms with Crippen LogP contribution in [-0.4, -0.2) is 18.7 Å². The van der Waals surface area contributed by atoms with Gasteiger partial charge < -0.3 is 1.43 Å². The third-order valence-electron chi connectivity index (χ3n) is 0.543. The van der Waals surface area contributed by atoms with Gasteiger partial charge in [-0.25, -0.2) is 0 Å². The standard InChI is InChI=1S/C4H8O3S.Li.H/c1-2-3-4-8(5,6)7;;/h2-3H,4H2,1H3,(H,5,6,7);;/q;+1;-1/b3-2+;;. The van der Waals surface area contributed by atoms with Crippen LogP contribution in [0.4, 0.5) is 0 Å². The average Bonchev–Trinajstić information content (AvgIpc) is 1.59. The zero-order valence-electron chi connectivity index (χ0n) is 6.53. The Labute approximate surface area is 68.6 Å². The van der Waals surface area contributed by atoms with E-state index in [4.69, 9.17) is 4.55 Å². The fourth-order valence-corrected chi connectivity index (χ4v) is 0.653. The summed E-state index contributed by atoms with van der Waals surface area (Å²) in [5.41, 5.74) is 0. The second-order valence-corrected chi connectivity index (χ2v) is 2.81. The van der Waals surface area contributed by atoms with Crippen LogP contribution >= 0.6 is 0 Å². The Morgan fingerprint density at radius 3 is 2.22 bits per heavy atom. The summed E-state index contributed by atoms with van der Waals surface area (Å²) in [5.74, 6) is -0.288. The molecule has 5 heteroatoms. The Balaban J connectivity index is -0.000000245. The molecule has 0 aliphatic rings. The maximum Gasteiger partial charge on any atom is 1.00 e. The summed E-state index contributed by atoms with van der Waals surface area (Å²) < 4.78 is 27.9. The Kier molecular flexibility index (Phi) is 6.74. The molecule has 0 aromatic rings. The van der Waals surface area contributed by atoms with Gasteiger partial charge in [0.25, 0.3) is 10.1 Å². The molecule has 0 radical (unpaired) electrons. The van der Waals surface area contributed by atoms with Gasteiger partial charge in [0, 0.05) is 0 Å². The molecule has 0 saturated heterocycles. The topological polar surface area (TPSA) is 54.4 Å². The normalized spacial score (nSPS) is 11.3. The van der Waals surface area contributed by atoms with Gasteiger partial charge in [-0.1, -0.05) is 12.2 Å². The molecule has 0 aliphatic carbocycles. The number of allylic oxidation sites excluding steroid dienone is 1. The zero-order chi connectivity index (χ0) is 6.62. The Hall–Kier alpha value is 0.247. The summed E-state index contributed by atoms with van der Waals surface area (Å²) in [5, 5.41) is 0. The first-order valence-electron chi connectivity index (χ1n) is 2.12. The van der Waals surface area contributed by atoms with Crippen molar-refractivity contribution in [2.75, 3.05) is 5.75 Å². The minimum atomic E-state index is -3.77. The van der Waals surface area contributed by atoms with Crippen molar-refractivity contribution in [1.82, 2.24) is 0 Å². The van der Waals surface area contributed by atoms with Gasteiger partial charge in [-0.05, 0) is 6.92 Å². The first-order chi connectivity index (χ1) is 3.56. The van der Waals surface area contributed by atoms with Crippen molar-refractivity contribution in [3.63, 3.8) is 0 Å². The summed E-state index contributed by atoms with van der Waals surface area (Å²) in [6, 6.07) is 0. The van der Waals surface area contributed by atoms with E-state index in [0.29, 0.717) is 0 Å². The molecule has 0 spiro atoms. The molecule has 0 bridgehead atoms. The predicted octanol–water partition coefficient (Wildman–Crippen LogP) is -2.43. The van der Waals surface area contributed by atoms with Gasteiger partial charge in [-0.15, -0.1) is 0 Å². The minimum Gasteiger partial charge on any atom is -1.00 e. The van der Waals surface area contributed by atoms with Crippen molar-refractivity contribution >= 4 is 10.1 Å². The second-order valence-electron chi connectivity index (χ2n) is 1.32. The molecule has 0 amide bonds. The zero-order valence-corrected chi connectivity index (χ0v) is 6.35. The van der Waals surface area contributed by atoms with Gasteiger partial charge in [0.1, 0.15) is 0 Å². The summed E-state index contributed by atoms with van der Waals surface area (Å²) >= 11 is 0. The molecule has 1 N–H and O–H groups in total. The SMILES string of the molecule is C/C=C/CS(=O)(=O)O.[H-].[Li+]. The van der Waals surface area contributed by atoms with E-state index in [0.717, 1.165) is 0 Å². The summed E-state index contributed by atoms with van der Waals surface area (Å²) in [6.45, 7) is 1.69. The Morgan fingerprint density at radius 2 is 2.11 bits per heavy atom. The van der Waals surface area contributed by atoms with E-state index >= 15 is 0 Å². The van der Waals surface area contributed by atoms with E-state index in [1.165, 1.54) is 6.08 Å². The van der Waals surface area contributed by atoms with Crippen molar-refractivity contribution in [1.29, 1.82) is 0 Å². The van der Waals surface area contributed by atoms with Crippen LogP contribution in [0, 0.1) is 0 Å². The fraction of sp³-hybridized carbons (Fsp3) is 0.500. The van der Waals surface area contributed by atoms with Crippen LogP contribution in [0.15, 0.2) is 12.2 Å². The third kappa shape index (κ3) is 11.7. The van der Waals surface area contributed by atoms with E-state index in [2.05, 4.69) is 0 Å². The third-order valence-corrected chi connectivity index (χ3v) is 1.16. The van der Waals surface area contributed by atoms with Crippen LogP contribution < -0.4 is 18.9 Å². The molecule has 0 heterocycles. The molecule has 0 atom stereocenters. The Morgan fingerprint density at radius 1 is 1.67 bits per heavy atom. The first kappa shape index (κ1) is 12.0. The molecular formula is C4H9LiO3S. The van der Waals surface area contributed by atoms with Gasteiger partial charge in [-0.2, -0.15) is 8.42 Å². The van der Waals surface area contributed by atoms with E-state index in [1.807, 2.05) is 0 Å². The largest absolute Gasteiger partial charge is 1.00 e. The van der Waals surface area contributed by atoms with Gasteiger partial charge >= 0.3 is 18.9 Å². The molecule has 0 aliphatic heterocycles.